The predicted molar refractivity (Wildman–Crippen MR) is 130 cm³/mol. The van der Waals surface area contributed by atoms with Crippen molar-refractivity contribution in [2.45, 2.75) is 38.8 Å². The van der Waals surface area contributed by atoms with Crippen LogP contribution in [0.4, 0.5) is 5.69 Å². The zero-order chi connectivity index (χ0) is 19.8. The topological polar surface area (TPSA) is 70.4 Å². The number of aliphatic imine (C=N–C) groups is 1. The third kappa shape index (κ3) is 7.02. The highest BCUT2D eigenvalue weighted by molar-refractivity contribution is 14.0. The van der Waals surface area contributed by atoms with Crippen molar-refractivity contribution in [3.63, 3.8) is 0 Å². The van der Waals surface area contributed by atoms with Crippen molar-refractivity contribution in [2.24, 2.45) is 12.0 Å². The molecule has 0 unspecified atom stereocenters. The average Bonchev–Trinajstić information content (AvgIpc) is 3.34. The number of benzene rings is 1. The molecule has 2 aromatic rings. The van der Waals surface area contributed by atoms with Crippen LogP contribution in [-0.2, 0) is 13.6 Å². The van der Waals surface area contributed by atoms with Crippen LogP contribution in [0.25, 0.3) is 0 Å². The number of para-hydroxylation sites is 1. The van der Waals surface area contributed by atoms with Crippen molar-refractivity contribution >= 4 is 35.6 Å². The lowest BCUT2D eigenvalue weighted by atomic mass is 10.2. The van der Waals surface area contributed by atoms with Gasteiger partial charge in [-0.25, -0.2) is 4.99 Å². The van der Waals surface area contributed by atoms with Crippen LogP contribution in [0, 0.1) is 6.92 Å². The minimum Gasteiger partial charge on any atom is -0.375 e. The van der Waals surface area contributed by atoms with Crippen LogP contribution in [0.15, 0.2) is 47.5 Å². The third-order valence-electron chi connectivity index (χ3n) is 5.07. The van der Waals surface area contributed by atoms with Gasteiger partial charge in [-0.05, 0) is 38.3 Å². The van der Waals surface area contributed by atoms with Crippen molar-refractivity contribution < 1.29 is 0 Å². The maximum Gasteiger partial charge on any atom is 0.191 e. The number of anilines is 1. The highest BCUT2D eigenvalue weighted by Crippen LogP contribution is 2.11. The van der Waals surface area contributed by atoms with Crippen LogP contribution < -0.4 is 15.5 Å². The van der Waals surface area contributed by atoms with E-state index >= 15 is 0 Å². The summed E-state index contributed by atoms with van der Waals surface area (Å²) in [4.78, 5) is 7.01. The number of aromatic nitrogens is 3. The van der Waals surface area contributed by atoms with Crippen molar-refractivity contribution in [3.05, 3.63) is 54.1 Å². The molecule has 0 amide bonds. The summed E-state index contributed by atoms with van der Waals surface area (Å²) < 4.78 is 1.98. The normalized spacial score (nSPS) is 14.0. The second-order valence-electron chi connectivity index (χ2n) is 7.21. The van der Waals surface area contributed by atoms with E-state index in [2.05, 4.69) is 69.2 Å². The maximum absolute atomic E-state index is 4.74. The summed E-state index contributed by atoms with van der Waals surface area (Å²) in [6.07, 6.45) is 7.55. The molecule has 0 aliphatic heterocycles. The Kier molecular flexibility index (Phi) is 9.43. The molecule has 1 aliphatic carbocycles. The number of aryl methyl sites for hydroxylation is 1. The van der Waals surface area contributed by atoms with Gasteiger partial charge in [0.05, 0.1) is 0 Å². The largest absolute Gasteiger partial charge is 0.375 e. The fourth-order valence-corrected chi connectivity index (χ4v) is 3.15. The van der Waals surface area contributed by atoms with E-state index in [1.165, 1.54) is 5.69 Å². The molecule has 0 fully saturated rings. The lowest BCUT2D eigenvalue weighted by molar-refractivity contribution is 0.624. The summed E-state index contributed by atoms with van der Waals surface area (Å²) in [5, 5.41) is 15.3. The first-order chi connectivity index (χ1) is 13.6. The number of hydrogen-bond acceptors (Lipinski definition) is 4. The van der Waals surface area contributed by atoms with Gasteiger partial charge in [0, 0.05) is 38.9 Å². The molecule has 29 heavy (non-hydrogen) atoms. The smallest absolute Gasteiger partial charge is 0.191 e. The van der Waals surface area contributed by atoms with E-state index in [1.54, 1.807) is 0 Å². The fraction of sp³-hybridized carbons (Fsp3) is 0.476. The quantitative estimate of drug-likeness (QED) is 0.188. The molecular weight excluding hydrogens is 477 g/mol. The second kappa shape index (κ2) is 11.8. The van der Waals surface area contributed by atoms with Crippen LogP contribution >= 0.6 is 24.0 Å². The highest BCUT2D eigenvalue weighted by atomic mass is 127. The van der Waals surface area contributed by atoms with E-state index < -0.39 is 0 Å². The Hall–Kier alpha value is -2.10. The minimum absolute atomic E-state index is 0. The fourth-order valence-electron chi connectivity index (χ4n) is 3.15. The van der Waals surface area contributed by atoms with Gasteiger partial charge >= 0.3 is 0 Å². The molecule has 158 valence electrons. The summed E-state index contributed by atoms with van der Waals surface area (Å²) in [7, 11) is 4.10. The average molecular weight is 509 g/mol. The summed E-state index contributed by atoms with van der Waals surface area (Å²) >= 11 is 0. The Labute approximate surface area is 190 Å². The number of rotatable bonds is 8. The van der Waals surface area contributed by atoms with Gasteiger partial charge in [-0.3, -0.25) is 0 Å². The molecular formula is C21H32IN7. The second-order valence-corrected chi connectivity index (χ2v) is 7.21. The molecule has 1 aliphatic rings. The van der Waals surface area contributed by atoms with Crippen LogP contribution in [0.1, 0.15) is 30.9 Å². The highest BCUT2D eigenvalue weighted by Gasteiger charge is 2.12. The van der Waals surface area contributed by atoms with Crippen molar-refractivity contribution in [2.75, 3.05) is 25.0 Å². The molecule has 3 rings (SSSR count). The molecule has 0 saturated carbocycles. The summed E-state index contributed by atoms with van der Waals surface area (Å²) in [5.74, 6) is 2.61. The number of nitrogens with zero attached hydrogens (tertiary/aromatic N) is 5. The van der Waals surface area contributed by atoms with Crippen LogP contribution in [0.3, 0.4) is 0 Å². The predicted octanol–water partition coefficient (Wildman–Crippen LogP) is 3.02. The first-order valence-electron chi connectivity index (χ1n) is 9.94. The molecule has 1 heterocycles. The Morgan fingerprint density at radius 1 is 1.21 bits per heavy atom. The molecule has 0 spiro atoms. The van der Waals surface area contributed by atoms with Gasteiger partial charge in [-0.2, -0.15) is 0 Å². The molecule has 0 atom stereocenters. The SMILES string of the molecule is Cc1nnc(CN=C(NCCCN(C)c2ccccc2)NC2CC=CC2)n1C.I. The number of guanidine groups is 1. The third-order valence-corrected chi connectivity index (χ3v) is 5.07. The van der Waals surface area contributed by atoms with Crippen molar-refractivity contribution in [3.8, 4) is 0 Å². The zero-order valence-corrected chi connectivity index (χ0v) is 19.8. The van der Waals surface area contributed by atoms with Gasteiger partial charge in [0.1, 0.15) is 12.4 Å². The summed E-state index contributed by atoms with van der Waals surface area (Å²) in [5.41, 5.74) is 1.24. The van der Waals surface area contributed by atoms with Crippen LogP contribution in [0.2, 0.25) is 0 Å². The molecule has 7 nitrogen and oxygen atoms in total. The monoisotopic (exact) mass is 509 g/mol. The van der Waals surface area contributed by atoms with E-state index in [0.717, 1.165) is 50.0 Å². The number of nitrogens with one attached hydrogen (secondary N) is 2. The Bertz CT molecular complexity index is 793. The number of hydrogen-bond donors (Lipinski definition) is 2. The van der Waals surface area contributed by atoms with E-state index in [1.807, 2.05) is 24.6 Å². The van der Waals surface area contributed by atoms with E-state index in [0.29, 0.717) is 12.6 Å². The van der Waals surface area contributed by atoms with Gasteiger partial charge in [0.15, 0.2) is 11.8 Å². The first-order valence-corrected chi connectivity index (χ1v) is 9.94. The molecule has 2 N–H and O–H groups in total. The number of halogens is 1. The van der Waals surface area contributed by atoms with Gasteiger partial charge < -0.3 is 20.1 Å². The van der Waals surface area contributed by atoms with E-state index in [4.69, 9.17) is 4.99 Å². The standard InChI is InChI=1S/C21H31N7.HI/c1-17-25-26-20(28(17)3)16-23-21(24-18-10-7-8-11-18)22-14-9-15-27(2)19-12-5-4-6-13-19;/h4-8,12-13,18H,9-11,14-16H2,1-3H3,(H2,22,23,24);1H. The van der Waals surface area contributed by atoms with Crippen molar-refractivity contribution in [1.29, 1.82) is 0 Å². The molecule has 0 saturated heterocycles. The Morgan fingerprint density at radius 3 is 2.59 bits per heavy atom. The molecule has 8 heteroatoms. The van der Waals surface area contributed by atoms with Gasteiger partial charge in [0.2, 0.25) is 0 Å². The Morgan fingerprint density at radius 2 is 1.93 bits per heavy atom. The van der Waals surface area contributed by atoms with Gasteiger partial charge in [-0.1, -0.05) is 30.4 Å². The van der Waals surface area contributed by atoms with E-state index in [-0.39, 0.29) is 24.0 Å². The summed E-state index contributed by atoms with van der Waals surface area (Å²) in [6, 6.07) is 10.9. The van der Waals surface area contributed by atoms with Crippen LogP contribution in [0.5, 0.6) is 0 Å². The summed E-state index contributed by atoms with van der Waals surface area (Å²) in [6.45, 7) is 4.31. The molecule has 1 aromatic carbocycles. The van der Waals surface area contributed by atoms with Crippen LogP contribution in [-0.4, -0.2) is 46.9 Å². The van der Waals surface area contributed by atoms with Gasteiger partial charge in [0.25, 0.3) is 0 Å². The van der Waals surface area contributed by atoms with Gasteiger partial charge in [-0.15, -0.1) is 34.2 Å². The molecule has 1 aromatic heterocycles. The lowest BCUT2D eigenvalue weighted by Gasteiger charge is -2.21. The lowest BCUT2D eigenvalue weighted by Crippen LogP contribution is -2.43. The zero-order valence-electron chi connectivity index (χ0n) is 17.5. The Balaban J connectivity index is 0.00000300. The van der Waals surface area contributed by atoms with E-state index in [9.17, 15) is 0 Å². The minimum atomic E-state index is 0. The molecule has 0 bridgehead atoms. The van der Waals surface area contributed by atoms with Crippen molar-refractivity contribution in [1.82, 2.24) is 25.4 Å². The first kappa shape index (κ1) is 23.2. The molecule has 0 radical (unpaired) electrons. The maximum atomic E-state index is 4.74.